The molecule has 3 atom stereocenters. The Hall–Kier alpha value is -1.08. The molecule has 1 aliphatic heterocycles. The lowest BCUT2D eigenvalue weighted by atomic mass is 9.88. The lowest BCUT2D eigenvalue weighted by molar-refractivity contribution is -0.127. The first-order chi connectivity index (χ1) is 8.07. The molecule has 1 rings (SSSR count). The minimum absolute atomic E-state index is 0.163. The van der Waals surface area contributed by atoms with Crippen LogP contribution in [-0.4, -0.2) is 25.2 Å². The Kier molecular flexibility index (Phi) is 4.95. The fourth-order valence-corrected chi connectivity index (χ4v) is 2.09. The molecule has 4 nitrogen and oxygen atoms in total. The summed E-state index contributed by atoms with van der Waals surface area (Å²) in [4.78, 5) is 11.9. The fraction of sp³-hybridized carbons (Fsp3) is 0.846. The largest absolute Gasteiger partial charge is 0.378 e. The maximum absolute atomic E-state index is 11.9. The third-order valence-electron chi connectivity index (χ3n) is 3.73. The molecule has 0 saturated carbocycles. The number of rotatable bonds is 5. The first kappa shape index (κ1) is 14.0. The van der Waals surface area contributed by atoms with Gasteiger partial charge in [0.15, 0.2) is 0 Å². The summed E-state index contributed by atoms with van der Waals surface area (Å²) in [5.41, 5.74) is -0.902. The predicted molar refractivity (Wildman–Crippen MR) is 65.2 cm³/mol. The quantitative estimate of drug-likeness (QED) is 0.795. The molecule has 1 N–H and O–H groups in total. The summed E-state index contributed by atoms with van der Waals surface area (Å²) in [7, 11) is 0. The van der Waals surface area contributed by atoms with Crippen LogP contribution in [0.15, 0.2) is 0 Å². The van der Waals surface area contributed by atoms with Gasteiger partial charge in [-0.05, 0) is 26.2 Å². The number of ether oxygens (including phenoxy) is 1. The van der Waals surface area contributed by atoms with Crippen LogP contribution in [0.1, 0.15) is 40.0 Å². The molecule has 4 heteroatoms. The van der Waals surface area contributed by atoms with Crippen LogP contribution in [0.5, 0.6) is 0 Å². The molecule has 0 aromatic carbocycles. The maximum atomic E-state index is 11.9. The molecule has 1 heterocycles. The molecule has 0 aromatic rings. The van der Waals surface area contributed by atoms with Crippen molar-refractivity contribution in [2.75, 3.05) is 13.2 Å². The van der Waals surface area contributed by atoms with Crippen LogP contribution in [0.4, 0.5) is 0 Å². The Morgan fingerprint density at radius 2 is 2.29 bits per heavy atom. The zero-order valence-corrected chi connectivity index (χ0v) is 11.0. The zero-order chi connectivity index (χ0) is 12.9. The van der Waals surface area contributed by atoms with E-state index in [9.17, 15) is 4.79 Å². The number of carbonyl (C=O) groups is 1. The van der Waals surface area contributed by atoms with Gasteiger partial charge in [-0.2, -0.15) is 5.26 Å². The van der Waals surface area contributed by atoms with Crippen molar-refractivity contribution < 1.29 is 9.53 Å². The van der Waals surface area contributed by atoms with Gasteiger partial charge in [0, 0.05) is 19.1 Å². The molecule has 1 fully saturated rings. The van der Waals surface area contributed by atoms with E-state index in [1.165, 1.54) is 0 Å². The zero-order valence-electron chi connectivity index (χ0n) is 11.0. The van der Waals surface area contributed by atoms with Gasteiger partial charge in [0.05, 0.1) is 12.2 Å². The minimum atomic E-state index is -0.902. The Bertz CT molecular complexity index is 311. The van der Waals surface area contributed by atoms with E-state index < -0.39 is 5.41 Å². The second-order valence-electron chi connectivity index (χ2n) is 4.87. The van der Waals surface area contributed by atoms with Crippen LogP contribution in [0.25, 0.3) is 0 Å². The molecule has 0 radical (unpaired) electrons. The number of hydrogen-bond acceptors (Lipinski definition) is 3. The average Bonchev–Trinajstić information content (AvgIpc) is 2.82. The van der Waals surface area contributed by atoms with Crippen molar-refractivity contribution in [1.82, 2.24) is 5.32 Å². The van der Waals surface area contributed by atoms with Crippen molar-refractivity contribution in [3.05, 3.63) is 0 Å². The summed E-state index contributed by atoms with van der Waals surface area (Å²) < 4.78 is 5.57. The van der Waals surface area contributed by atoms with Crippen LogP contribution in [0, 0.1) is 22.7 Å². The van der Waals surface area contributed by atoms with E-state index in [4.69, 9.17) is 10.00 Å². The first-order valence-corrected chi connectivity index (χ1v) is 6.38. The normalized spacial score (nSPS) is 27.2. The molecule has 1 saturated heterocycles. The number of nitrogens with one attached hydrogen (secondary N) is 1. The van der Waals surface area contributed by atoms with Gasteiger partial charge in [0.25, 0.3) is 0 Å². The second kappa shape index (κ2) is 6.02. The highest BCUT2D eigenvalue weighted by atomic mass is 16.5. The summed E-state index contributed by atoms with van der Waals surface area (Å²) >= 11 is 0. The summed E-state index contributed by atoms with van der Waals surface area (Å²) in [6.45, 7) is 7.04. The SMILES string of the molecule is CCC1OCCC1CNC(=O)C(C)(C#N)CC. The summed E-state index contributed by atoms with van der Waals surface area (Å²) in [5.74, 6) is 0.230. The molecule has 1 amide bonds. The molecule has 17 heavy (non-hydrogen) atoms. The van der Waals surface area contributed by atoms with E-state index in [1.54, 1.807) is 6.92 Å². The fourth-order valence-electron chi connectivity index (χ4n) is 2.09. The molecule has 0 aliphatic carbocycles. The molecule has 0 bridgehead atoms. The van der Waals surface area contributed by atoms with Gasteiger partial charge in [-0.25, -0.2) is 0 Å². The van der Waals surface area contributed by atoms with Crippen molar-refractivity contribution >= 4 is 5.91 Å². The third-order valence-corrected chi connectivity index (χ3v) is 3.73. The van der Waals surface area contributed by atoms with Gasteiger partial charge in [0.1, 0.15) is 5.41 Å². The van der Waals surface area contributed by atoms with Gasteiger partial charge in [-0.1, -0.05) is 13.8 Å². The molecule has 0 aromatic heterocycles. The van der Waals surface area contributed by atoms with Crippen molar-refractivity contribution in [3.63, 3.8) is 0 Å². The van der Waals surface area contributed by atoms with Gasteiger partial charge in [0.2, 0.25) is 5.91 Å². The lowest BCUT2D eigenvalue weighted by Crippen LogP contribution is -2.41. The molecule has 96 valence electrons. The number of carbonyl (C=O) groups excluding carboxylic acids is 1. The minimum Gasteiger partial charge on any atom is -0.378 e. The van der Waals surface area contributed by atoms with E-state index >= 15 is 0 Å². The highest BCUT2D eigenvalue weighted by Gasteiger charge is 2.33. The van der Waals surface area contributed by atoms with Gasteiger partial charge >= 0.3 is 0 Å². The van der Waals surface area contributed by atoms with E-state index in [2.05, 4.69) is 18.3 Å². The van der Waals surface area contributed by atoms with Crippen molar-refractivity contribution in [1.29, 1.82) is 5.26 Å². The van der Waals surface area contributed by atoms with Gasteiger partial charge in [-0.15, -0.1) is 0 Å². The molecule has 0 spiro atoms. The second-order valence-corrected chi connectivity index (χ2v) is 4.87. The highest BCUT2D eigenvalue weighted by Crippen LogP contribution is 2.24. The Morgan fingerprint density at radius 1 is 1.59 bits per heavy atom. The molecule has 3 unspecified atom stereocenters. The third kappa shape index (κ3) is 3.19. The Morgan fingerprint density at radius 3 is 2.82 bits per heavy atom. The first-order valence-electron chi connectivity index (χ1n) is 6.38. The van der Waals surface area contributed by atoms with Crippen LogP contribution < -0.4 is 5.32 Å². The average molecular weight is 238 g/mol. The molecule has 1 aliphatic rings. The maximum Gasteiger partial charge on any atom is 0.240 e. The topological polar surface area (TPSA) is 62.1 Å². The Balaban J connectivity index is 2.46. The van der Waals surface area contributed by atoms with Crippen molar-refractivity contribution in [3.8, 4) is 6.07 Å². The van der Waals surface area contributed by atoms with E-state index in [0.29, 0.717) is 18.9 Å². The number of nitrogens with zero attached hydrogens (tertiary/aromatic N) is 1. The smallest absolute Gasteiger partial charge is 0.240 e. The van der Waals surface area contributed by atoms with E-state index in [-0.39, 0.29) is 12.0 Å². The molecular formula is C13H22N2O2. The summed E-state index contributed by atoms with van der Waals surface area (Å²) in [6, 6.07) is 2.09. The van der Waals surface area contributed by atoms with Gasteiger partial charge in [-0.3, -0.25) is 4.79 Å². The molecular weight excluding hydrogens is 216 g/mol. The van der Waals surface area contributed by atoms with Crippen LogP contribution in [0.2, 0.25) is 0 Å². The van der Waals surface area contributed by atoms with E-state index in [0.717, 1.165) is 19.4 Å². The number of hydrogen-bond donors (Lipinski definition) is 1. The number of amides is 1. The number of nitriles is 1. The van der Waals surface area contributed by atoms with Crippen LogP contribution in [0.3, 0.4) is 0 Å². The Labute approximate surface area is 103 Å². The standard InChI is InChI=1S/C13H22N2O2/c1-4-11-10(6-7-17-11)8-15-12(16)13(3,5-2)9-14/h10-11H,4-8H2,1-3H3,(H,15,16). The van der Waals surface area contributed by atoms with Gasteiger partial charge < -0.3 is 10.1 Å². The monoisotopic (exact) mass is 238 g/mol. The van der Waals surface area contributed by atoms with Crippen LogP contribution in [-0.2, 0) is 9.53 Å². The van der Waals surface area contributed by atoms with Crippen molar-refractivity contribution in [2.24, 2.45) is 11.3 Å². The van der Waals surface area contributed by atoms with Crippen LogP contribution >= 0.6 is 0 Å². The lowest BCUT2D eigenvalue weighted by Gasteiger charge is -2.22. The predicted octanol–water partition coefficient (Wildman–Crippen LogP) is 1.86. The summed E-state index contributed by atoms with van der Waals surface area (Å²) in [6.07, 6.45) is 2.76. The van der Waals surface area contributed by atoms with Crippen molar-refractivity contribution in [2.45, 2.75) is 46.1 Å². The summed E-state index contributed by atoms with van der Waals surface area (Å²) in [5, 5.41) is 11.9. The van der Waals surface area contributed by atoms with E-state index in [1.807, 2.05) is 6.92 Å². The highest BCUT2D eigenvalue weighted by molar-refractivity contribution is 5.84.